The lowest BCUT2D eigenvalue weighted by atomic mass is 10.1. The highest BCUT2D eigenvalue weighted by molar-refractivity contribution is 7.89. The Morgan fingerprint density at radius 3 is 2.52 bits per heavy atom. The second kappa shape index (κ2) is 8.69. The number of nitrogen functional groups attached to an aromatic ring is 1. The van der Waals surface area contributed by atoms with Gasteiger partial charge in [0.25, 0.3) is 5.91 Å². The topological polar surface area (TPSA) is 114 Å². The van der Waals surface area contributed by atoms with E-state index in [1.165, 1.54) is 12.3 Å². The Labute approximate surface area is 165 Å². The van der Waals surface area contributed by atoms with Gasteiger partial charge in [-0.05, 0) is 49.6 Å². The molecule has 1 aliphatic rings. The highest BCUT2D eigenvalue weighted by atomic mass is 35.5. The Kier molecular flexibility index (Phi) is 6.80. The maximum atomic E-state index is 12.7. The molecule has 0 spiro atoms. The van der Waals surface area contributed by atoms with Crippen molar-refractivity contribution in [2.45, 2.75) is 43.5 Å². The molecule has 4 N–H and O–H groups in total. The molecule has 1 saturated carbocycles. The van der Waals surface area contributed by atoms with Crippen LogP contribution in [-0.4, -0.2) is 25.4 Å². The smallest absolute Gasteiger partial charge is 0.255 e. The summed E-state index contributed by atoms with van der Waals surface area (Å²) in [5.41, 5.74) is 6.87. The second-order valence-electron chi connectivity index (χ2n) is 6.51. The van der Waals surface area contributed by atoms with Crippen LogP contribution < -0.4 is 15.8 Å². The minimum absolute atomic E-state index is 0. The first-order valence-electron chi connectivity index (χ1n) is 8.51. The van der Waals surface area contributed by atoms with Crippen LogP contribution in [0.25, 0.3) is 0 Å². The molecule has 146 valence electrons. The molecule has 1 aromatic heterocycles. The minimum Gasteiger partial charge on any atom is -0.384 e. The van der Waals surface area contributed by atoms with E-state index in [1.54, 1.807) is 31.2 Å². The third kappa shape index (κ3) is 5.18. The van der Waals surface area contributed by atoms with Crippen molar-refractivity contribution in [3.8, 4) is 0 Å². The van der Waals surface area contributed by atoms with Crippen molar-refractivity contribution < 1.29 is 13.2 Å². The van der Waals surface area contributed by atoms with Crippen molar-refractivity contribution in [2.24, 2.45) is 0 Å². The van der Waals surface area contributed by atoms with Gasteiger partial charge in [-0.15, -0.1) is 12.4 Å². The van der Waals surface area contributed by atoms with Gasteiger partial charge in [0.05, 0.1) is 16.8 Å². The van der Waals surface area contributed by atoms with Crippen LogP contribution in [0.4, 0.5) is 11.5 Å². The maximum Gasteiger partial charge on any atom is 0.255 e. The molecule has 9 heteroatoms. The van der Waals surface area contributed by atoms with Gasteiger partial charge in [0.1, 0.15) is 5.82 Å². The number of hydrogen-bond donors (Lipinski definition) is 3. The molecule has 0 radical (unpaired) electrons. The summed E-state index contributed by atoms with van der Waals surface area (Å²) in [6.07, 6.45) is 5.21. The number of pyridine rings is 1. The summed E-state index contributed by atoms with van der Waals surface area (Å²) in [7, 11) is -3.67. The molecule has 1 amide bonds. The van der Waals surface area contributed by atoms with Gasteiger partial charge in [-0.1, -0.05) is 18.9 Å². The second-order valence-corrected chi connectivity index (χ2v) is 8.19. The van der Waals surface area contributed by atoms with Crippen molar-refractivity contribution >= 4 is 39.8 Å². The fourth-order valence-electron chi connectivity index (χ4n) is 3.04. The average Bonchev–Trinajstić information content (AvgIpc) is 3.09. The van der Waals surface area contributed by atoms with Crippen LogP contribution in [0.15, 0.2) is 41.4 Å². The molecule has 2 aromatic rings. The molecule has 7 nitrogen and oxygen atoms in total. The molecule has 1 aliphatic carbocycles. The predicted molar refractivity (Wildman–Crippen MR) is 108 cm³/mol. The van der Waals surface area contributed by atoms with Crippen LogP contribution in [0.1, 0.15) is 41.6 Å². The minimum atomic E-state index is -3.67. The number of halogens is 1. The van der Waals surface area contributed by atoms with Gasteiger partial charge in [0, 0.05) is 11.6 Å². The number of aromatic nitrogens is 1. The van der Waals surface area contributed by atoms with Crippen LogP contribution in [0.5, 0.6) is 0 Å². The normalized spacial score (nSPS) is 14.6. The van der Waals surface area contributed by atoms with Gasteiger partial charge < -0.3 is 11.1 Å². The largest absolute Gasteiger partial charge is 0.384 e. The van der Waals surface area contributed by atoms with Crippen molar-refractivity contribution in [3.05, 3.63) is 47.7 Å². The highest BCUT2D eigenvalue weighted by Gasteiger charge is 2.25. The number of carbonyl (C=O) groups is 1. The summed E-state index contributed by atoms with van der Waals surface area (Å²) in [6, 6.07) is 7.83. The van der Waals surface area contributed by atoms with E-state index in [1.807, 2.05) is 0 Å². The Bertz CT molecular complexity index is 911. The molecular weight excluding hydrogens is 388 g/mol. The number of aryl methyl sites for hydroxylation is 1. The maximum absolute atomic E-state index is 12.7. The van der Waals surface area contributed by atoms with E-state index in [9.17, 15) is 13.2 Å². The number of anilines is 2. The standard InChI is InChI=1S/C18H22N4O3S.ClH/c1-12-6-7-13(18(23)21-15-8-9-17(19)20-11-15)10-16(12)26(24,25)22-14-4-2-3-5-14;/h6-11,14,22H,2-5H2,1H3,(H2,19,20)(H,21,23);1H. The summed E-state index contributed by atoms with van der Waals surface area (Å²) in [4.78, 5) is 16.5. The number of benzene rings is 1. The Morgan fingerprint density at radius 1 is 1.19 bits per heavy atom. The van der Waals surface area contributed by atoms with Crippen LogP contribution in [0.2, 0.25) is 0 Å². The average molecular weight is 411 g/mol. The molecular formula is C18H23ClN4O3S. The predicted octanol–water partition coefficient (Wildman–Crippen LogP) is 2.87. The lowest BCUT2D eigenvalue weighted by Gasteiger charge is -2.15. The SMILES string of the molecule is Cc1ccc(C(=O)Nc2ccc(N)nc2)cc1S(=O)(=O)NC1CCCC1.Cl. The van der Waals surface area contributed by atoms with Crippen molar-refractivity contribution in [1.82, 2.24) is 9.71 Å². The first kappa shape index (κ1) is 21.1. The number of nitrogens with zero attached hydrogens (tertiary/aromatic N) is 1. The summed E-state index contributed by atoms with van der Waals surface area (Å²) < 4.78 is 28.2. The third-order valence-electron chi connectivity index (χ3n) is 4.46. The molecule has 0 atom stereocenters. The molecule has 27 heavy (non-hydrogen) atoms. The highest BCUT2D eigenvalue weighted by Crippen LogP contribution is 2.23. The first-order valence-corrected chi connectivity index (χ1v) is 9.99. The van der Waals surface area contributed by atoms with Gasteiger partial charge in [0.15, 0.2) is 0 Å². The molecule has 1 aromatic carbocycles. The Morgan fingerprint density at radius 2 is 1.89 bits per heavy atom. The molecule has 0 aliphatic heterocycles. The Hall–Kier alpha value is -2.16. The first-order chi connectivity index (χ1) is 12.3. The van der Waals surface area contributed by atoms with E-state index in [2.05, 4.69) is 15.0 Å². The quantitative estimate of drug-likeness (QED) is 0.701. The zero-order chi connectivity index (χ0) is 18.7. The molecule has 0 unspecified atom stereocenters. The lowest BCUT2D eigenvalue weighted by Crippen LogP contribution is -2.33. The molecule has 1 fully saturated rings. The fourth-order valence-corrected chi connectivity index (χ4v) is 4.62. The van der Waals surface area contributed by atoms with E-state index < -0.39 is 15.9 Å². The number of sulfonamides is 1. The summed E-state index contributed by atoms with van der Waals surface area (Å²) in [6.45, 7) is 1.72. The van der Waals surface area contributed by atoms with Gasteiger partial charge in [-0.3, -0.25) is 4.79 Å². The van der Waals surface area contributed by atoms with Crippen molar-refractivity contribution in [3.63, 3.8) is 0 Å². The molecule has 0 saturated heterocycles. The van der Waals surface area contributed by atoms with E-state index in [-0.39, 0.29) is 28.9 Å². The van der Waals surface area contributed by atoms with Crippen LogP contribution in [0, 0.1) is 6.92 Å². The molecule has 0 bridgehead atoms. The molecule has 3 rings (SSSR count). The number of amides is 1. The number of carbonyl (C=O) groups excluding carboxylic acids is 1. The van der Waals surface area contributed by atoms with E-state index in [0.29, 0.717) is 17.1 Å². The summed E-state index contributed by atoms with van der Waals surface area (Å²) in [5, 5.41) is 2.68. The number of nitrogens with two attached hydrogens (primary N) is 1. The van der Waals surface area contributed by atoms with E-state index in [4.69, 9.17) is 5.73 Å². The summed E-state index contributed by atoms with van der Waals surface area (Å²) in [5.74, 6) is -0.0569. The van der Waals surface area contributed by atoms with Crippen LogP contribution in [-0.2, 0) is 10.0 Å². The van der Waals surface area contributed by atoms with Gasteiger partial charge in [0.2, 0.25) is 10.0 Å². The number of hydrogen-bond acceptors (Lipinski definition) is 5. The lowest BCUT2D eigenvalue weighted by molar-refractivity contribution is 0.102. The molecule has 1 heterocycles. The van der Waals surface area contributed by atoms with Crippen molar-refractivity contribution in [1.29, 1.82) is 0 Å². The fraction of sp³-hybridized carbons (Fsp3) is 0.333. The monoisotopic (exact) mass is 410 g/mol. The third-order valence-corrected chi connectivity index (χ3v) is 6.12. The van der Waals surface area contributed by atoms with E-state index >= 15 is 0 Å². The number of rotatable bonds is 5. The number of nitrogens with one attached hydrogen (secondary N) is 2. The van der Waals surface area contributed by atoms with E-state index in [0.717, 1.165) is 25.7 Å². The zero-order valence-corrected chi connectivity index (χ0v) is 16.6. The van der Waals surface area contributed by atoms with Crippen molar-refractivity contribution in [2.75, 3.05) is 11.1 Å². The van der Waals surface area contributed by atoms with Crippen LogP contribution in [0.3, 0.4) is 0 Å². The van der Waals surface area contributed by atoms with Gasteiger partial charge >= 0.3 is 0 Å². The van der Waals surface area contributed by atoms with Gasteiger partial charge in [-0.25, -0.2) is 18.1 Å². The Balaban J connectivity index is 0.00000261. The van der Waals surface area contributed by atoms with Crippen LogP contribution >= 0.6 is 12.4 Å². The summed E-state index contributed by atoms with van der Waals surface area (Å²) >= 11 is 0. The van der Waals surface area contributed by atoms with Gasteiger partial charge in [-0.2, -0.15) is 0 Å². The zero-order valence-electron chi connectivity index (χ0n) is 14.9.